The molecule has 0 atom stereocenters. The van der Waals surface area contributed by atoms with E-state index < -0.39 is 0 Å². The highest BCUT2D eigenvalue weighted by Crippen LogP contribution is 2.22. The van der Waals surface area contributed by atoms with Crippen LogP contribution >= 0.6 is 23.1 Å². The Morgan fingerprint density at radius 2 is 2.05 bits per heavy atom. The third kappa shape index (κ3) is 3.09. The SMILES string of the molecule is CSCCn1c(=NC(C)=O)sc2cc(C)c(C)cc21. The largest absolute Gasteiger partial charge is 0.316 e. The summed E-state index contributed by atoms with van der Waals surface area (Å²) < 4.78 is 3.36. The van der Waals surface area contributed by atoms with Crippen LogP contribution in [0.5, 0.6) is 0 Å². The van der Waals surface area contributed by atoms with Crippen molar-refractivity contribution in [1.29, 1.82) is 0 Å². The molecule has 19 heavy (non-hydrogen) atoms. The van der Waals surface area contributed by atoms with E-state index in [9.17, 15) is 4.79 Å². The predicted octanol–water partition coefficient (Wildman–Crippen LogP) is 3.13. The Morgan fingerprint density at radius 1 is 1.37 bits per heavy atom. The van der Waals surface area contributed by atoms with Gasteiger partial charge in [-0.3, -0.25) is 4.79 Å². The molecule has 2 aromatic rings. The van der Waals surface area contributed by atoms with Crippen LogP contribution in [0.1, 0.15) is 18.1 Å². The zero-order chi connectivity index (χ0) is 14.0. The molecule has 2 rings (SSSR count). The second kappa shape index (κ2) is 5.92. The number of rotatable bonds is 3. The molecular weight excluding hydrogens is 276 g/mol. The number of nitrogens with zero attached hydrogens (tertiary/aromatic N) is 2. The molecule has 0 aliphatic carbocycles. The Hall–Kier alpha value is -1.07. The lowest BCUT2D eigenvalue weighted by Crippen LogP contribution is -2.17. The Balaban J connectivity index is 2.70. The highest BCUT2D eigenvalue weighted by Gasteiger charge is 2.08. The summed E-state index contributed by atoms with van der Waals surface area (Å²) >= 11 is 3.39. The van der Waals surface area contributed by atoms with E-state index in [-0.39, 0.29) is 5.91 Å². The molecule has 0 aliphatic heterocycles. The van der Waals surface area contributed by atoms with Crippen molar-refractivity contribution in [2.45, 2.75) is 27.3 Å². The summed E-state index contributed by atoms with van der Waals surface area (Å²) in [7, 11) is 0. The number of thioether (sulfide) groups is 1. The van der Waals surface area contributed by atoms with E-state index in [1.54, 1.807) is 23.1 Å². The van der Waals surface area contributed by atoms with Crippen molar-refractivity contribution in [1.82, 2.24) is 4.57 Å². The first-order valence-electron chi connectivity index (χ1n) is 6.17. The van der Waals surface area contributed by atoms with Gasteiger partial charge in [0.05, 0.1) is 10.2 Å². The number of hydrogen-bond donors (Lipinski definition) is 0. The van der Waals surface area contributed by atoms with Gasteiger partial charge in [-0.25, -0.2) is 0 Å². The standard InChI is InChI=1S/C14H18N2OS2/c1-9-7-12-13(8-10(9)2)19-14(15-11(3)17)16(12)5-6-18-4/h7-8H,5-6H2,1-4H3. The summed E-state index contributed by atoms with van der Waals surface area (Å²) in [5.41, 5.74) is 3.74. The van der Waals surface area contributed by atoms with Crippen LogP contribution in [0.15, 0.2) is 17.1 Å². The van der Waals surface area contributed by atoms with Gasteiger partial charge in [-0.15, -0.1) is 0 Å². The summed E-state index contributed by atoms with van der Waals surface area (Å²) in [5.74, 6) is 0.877. The summed E-state index contributed by atoms with van der Waals surface area (Å²) in [6.45, 7) is 6.62. The lowest BCUT2D eigenvalue weighted by Gasteiger charge is -2.05. The van der Waals surface area contributed by atoms with Crippen LogP contribution in [0.2, 0.25) is 0 Å². The topological polar surface area (TPSA) is 34.4 Å². The molecule has 1 heterocycles. The van der Waals surface area contributed by atoms with E-state index in [0.29, 0.717) is 0 Å². The zero-order valence-corrected chi connectivity index (χ0v) is 13.3. The van der Waals surface area contributed by atoms with Crippen molar-refractivity contribution in [3.8, 4) is 0 Å². The van der Waals surface area contributed by atoms with Gasteiger partial charge in [0.15, 0.2) is 4.80 Å². The fraction of sp³-hybridized carbons (Fsp3) is 0.429. The smallest absolute Gasteiger partial charge is 0.245 e. The number of fused-ring (bicyclic) bond motifs is 1. The van der Waals surface area contributed by atoms with Crippen LogP contribution in [0, 0.1) is 13.8 Å². The fourth-order valence-corrected chi connectivity index (χ4v) is 3.49. The van der Waals surface area contributed by atoms with Crippen molar-refractivity contribution in [2.75, 3.05) is 12.0 Å². The molecule has 0 unspecified atom stereocenters. The Morgan fingerprint density at radius 3 is 2.68 bits per heavy atom. The summed E-state index contributed by atoms with van der Waals surface area (Å²) in [6, 6.07) is 4.38. The normalized spacial score (nSPS) is 12.3. The molecule has 102 valence electrons. The maximum Gasteiger partial charge on any atom is 0.245 e. The molecule has 0 saturated carbocycles. The number of amides is 1. The molecule has 0 saturated heterocycles. The number of carbonyl (C=O) groups is 1. The van der Waals surface area contributed by atoms with Crippen LogP contribution < -0.4 is 4.80 Å². The first-order valence-corrected chi connectivity index (χ1v) is 8.38. The predicted molar refractivity (Wildman–Crippen MR) is 83.9 cm³/mol. The van der Waals surface area contributed by atoms with Gasteiger partial charge in [0.2, 0.25) is 5.91 Å². The average Bonchev–Trinajstić information content (AvgIpc) is 2.63. The van der Waals surface area contributed by atoms with Gasteiger partial charge in [0.25, 0.3) is 0 Å². The highest BCUT2D eigenvalue weighted by atomic mass is 32.2. The third-order valence-electron chi connectivity index (χ3n) is 3.07. The van der Waals surface area contributed by atoms with Crippen LogP contribution in [-0.4, -0.2) is 22.5 Å². The number of hydrogen-bond acceptors (Lipinski definition) is 3. The van der Waals surface area contributed by atoms with Crippen molar-refractivity contribution in [2.24, 2.45) is 4.99 Å². The second-order valence-corrected chi connectivity index (χ2v) is 6.56. The average molecular weight is 294 g/mol. The number of thiazole rings is 1. The molecule has 1 aromatic carbocycles. The van der Waals surface area contributed by atoms with E-state index in [1.165, 1.54) is 28.3 Å². The minimum Gasteiger partial charge on any atom is -0.316 e. The zero-order valence-electron chi connectivity index (χ0n) is 11.7. The van der Waals surface area contributed by atoms with Crippen LogP contribution in [0.25, 0.3) is 10.2 Å². The van der Waals surface area contributed by atoms with Crippen LogP contribution in [0.4, 0.5) is 0 Å². The molecule has 1 aromatic heterocycles. The van der Waals surface area contributed by atoms with E-state index in [1.807, 2.05) is 0 Å². The van der Waals surface area contributed by atoms with Crippen molar-refractivity contribution in [3.05, 3.63) is 28.1 Å². The molecule has 0 N–H and O–H groups in total. The summed E-state index contributed by atoms with van der Waals surface area (Å²) in [6.07, 6.45) is 2.09. The number of aryl methyl sites for hydroxylation is 3. The molecule has 0 spiro atoms. The number of aromatic nitrogens is 1. The number of benzene rings is 1. The monoisotopic (exact) mass is 294 g/mol. The first kappa shape index (κ1) is 14.3. The molecule has 0 bridgehead atoms. The maximum absolute atomic E-state index is 11.3. The van der Waals surface area contributed by atoms with E-state index in [0.717, 1.165) is 17.1 Å². The first-order chi connectivity index (χ1) is 9.02. The van der Waals surface area contributed by atoms with Gasteiger partial charge in [-0.2, -0.15) is 16.8 Å². The third-order valence-corrected chi connectivity index (χ3v) is 4.70. The summed E-state index contributed by atoms with van der Waals surface area (Å²) in [5, 5.41) is 0. The van der Waals surface area contributed by atoms with Crippen molar-refractivity contribution >= 4 is 39.2 Å². The van der Waals surface area contributed by atoms with E-state index in [2.05, 4.69) is 41.8 Å². The molecule has 1 amide bonds. The van der Waals surface area contributed by atoms with Gasteiger partial charge in [0, 0.05) is 19.2 Å². The van der Waals surface area contributed by atoms with Gasteiger partial charge in [-0.1, -0.05) is 11.3 Å². The van der Waals surface area contributed by atoms with E-state index in [4.69, 9.17) is 0 Å². The highest BCUT2D eigenvalue weighted by molar-refractivity contribution is 7.98. The molecule has 0 aliphatic rings. The molecule has 3 nitrogen and oxygen atoms in total. The lowest BCUT2D eigenvalue weighted by atomic mass is 10.1. The lowest BCUT2D eigenvalue weighted by molar-refractivity contribution is -0.116. The van der Waals surface area contributed by atoms with Gasteiger partial charge in [0.1, 0.15) is 0 Å². The Labute approximate surface area is 121 Å². The van der Waals surface area contributed by atoms with Crippen LogP contribution in [0.3, 0.4) is 0 Å². The maximum atomic E-state index is 11.3. The molecule has 0 fully saturated rings. The fourth-order valence-electron chi connectivity index (χ4n) is 1.94. The number of carbonyl (C=O) groups excluding carboxylic acids is 1. The van der Waals surface area contributed by atoms with E-state index >= 15 is 0 Å². The summed E-state index contributed by atoms with van der Waals surface area (Å²) in [4.78, 5) is 16.2. The molecule has 5 heteroatoms. The van der Waals surface area contributed by atoms with Gasteiger partial charge < -0.3 is 4.57 Å². The van der Waals surface area contributed by atoms with Crippen LogP contribution in [-0.2, 0) is 11.3 Å². The Bertz CT molecular complexity index is 683. The second-order valence-electron chi connectivity index (χ2n) is 4.56. The van der Waals surface area contributed by atoms with Crippen molar-refractivity contribution in [3.63, 3.8) is 0 Å². The van der Waals surface area contributed by atoms with Gasteiger partial charge >= 0.3 is 0 Å². The minimum absolute atomic E-state index is 0.141. The van der Waals surface area contributed by atoms with Crippen molar-refractivity contribution < 1.29 is 4.79 Å². The van der Waals surface area contributed by atoms with Gasteiger partial charge in [-0.05, 0) is 43.4 Å². The molecule has 0 radical (unpaired) electrons. The Kier molecular flexibility index (Phi) is 4.47. The molecular formula is C14H18N2OS2. The quantitative estimate of drug-likeness (QED) is 0.871. The minimum atomic E-state index is -0.141.